The van der Waals surface area contributed by atoms with Gasteiger partial charge < -0.3 is 4.74 Å². The number of aromatic nitrogens is 1. The molecule has 2 atom stereocenters. The van der Waals surface area contributed by atoms with Crippen molar-refractivity contribution >= 4 is 27.5 Å². The predicted molar refractivity (Wildman–Crippen MR) is 140 cm³/mol. The third kappa shape index (κ3) is 5.51. The minimum Gasteiger partial charge on any atom is -0.467 e. The largest absolute Gasteiger partial charge is 0.467 e. The maximum atomic E-state index is 13.6. The highest BCUT2D eigenvalue weighted by molar-refractivity contribution is 7.92. The van der Waals surface area contributed by atoms with Crippen molar-refractivity contribution in [2.24, 2.45) is 0 Å². The summed E-state index contributed by atoms with van der Waals surface area (Å²) in [5, 5.41) is 0. The SMILES string of the molecule is COC(=O)[C@@H]1C[C@@H](CCCc2ccccc2)c2c(C(C)=O)cc(NS(=O)(=O)c3cccc(C)c3)c(=O)n21. The number of nitrogens with one attached hydrogen (secondary N) is 1. The van der Waals surface area contributed by atoms with E-state index in [-0.39, 0.29) is 27.8 Å². The van der Waals surface area contributed by atoms with Crippen LogP contribution in [0.5, 0.6) is 0 Å². The lowest BCUT2D eigenvalue weighted by molar-refractivity contribution is -0.144. The number of esters is 1. The number of benzene rings is 2. The van der Waals surface area contributed by atoms with Gasteiger partial charge in [0.05, 0.1) is 12.0 Å². The number of carbonyl (C=O) groups excluding carboxylic acids is 2. The number of hydrogen-bond donors (Lipinski definition) is 1. The topological polar surface area (TPSA) is 112 Å². The molecular weight excluding hydrogens is 492 g/mol. The van der Waals surface area contributed by atoms with Crippen LogP contribution in [0, 0.1) is 6.92 Å². The first kappa shape index (κ1) is 26.3. The summed E-state index contributed by atoms with van der Waals surface area (Å²) in [5.41, 5.74) is 1.63. The Bertz CT molecular complexity index is 1490. The molecule has 0 saturated carbocycles. The number of carbonyl (C=O) groups is 2. The Morgan fingerprint density at radius 1 is 1.08 bits per heavy atom. The van der Waals surface area contributed by atoms with Crippen LogP contribution in [0.2, 0.25) is 0 Å². The molecule has 2 heterocycles. The molecule has 0 saturated heterocycles. The number of aryl methyl sites for hydroxylation is 2. The smallest absolute Gasteiger partial charge is 0.328 e. The van der Waals surface area contributed by atoms with Crippen LogP contribution in [0.1, 0.15) is 65.3 Å². The number of anilines is 1. The van der Waals surface area contributed by atoms with E-state index in [9.17, 15) is 22.8 Å². The van der Waals surface area contributed by atoms with Gasteiger partial charge in [-0.15, -0.1) is 0 Å². The molecule has 37 heavy (non-hydrogen) atoms. The highest BCUT2D eigenvalue weighted by Crippen LogP contribution is 2.41. The molecule has 8 nitrogen and oxygen atoms in total. The van der Waals surface area contributed by atoms with Crippen LogP contribution in [-0.4, -0.2) is 31.8 Å². The molecule has 1 aliphatic heterocycles. The summed E-state index contributed by atoms with van der Waals surface area (Å²) in [6.45, 7) is 3.13. The van der Waals surface area contributed by atoms with Crippen molar-refractivity contribution in [1.29, 1.82) is 0 Å². The molecule has 0 spiro atoms. The van der Waals surface area contributed by atoms with E-state index in [1.165, 1.54) is 42.4 Å². The minimum absolute atomic E-state index is 0.00919. The van der Waals surface area contributed by atoms with Gasteiger partial charge in [0, 0.05) is 17.2 Å². The Balaban J connectivity index is 1.74. The lowest BCUT2D eigenvalue weighted by Gasteiger charge is -2.18. The summed E-state index contributed by atoms with van der Waals surface area (Å²) in [6, 6.07) is 16.6. The summed E-state index contributed by atoms with van der Waals surface area (Å²) >= 11 is 0. The van der Waals surface area contributed by atoms with E-state index >= 15 is 0 Å². The van der Waals surface area contributed by atoms with Crippen molar-refractivity contribution < 1.29 is 22.7 Å². The Kier molecular flexibility index (Phi) is 7.63. The molecule has 0 fully saturated rings. The number of nitrogens with zero attached hydrogens (tertiary/aromatic N) is 1. The second-order valence-corrected chi connectivity index (χ2v) is 11.0. The highest BCUT2D eigenvalue weighted by Gasteiger charge is 2.40. The summed E-state index contributed by atoms with van der Waals surface area (Å²) in [4.78, 5) is 39.0. The van der Waals surface area contributed by atoms with E-state index in [1.807, 2.05) is 30.3 Å². The molecule has 1 N–H and O–H groups in total. The number of rotatable bonds is 9. The van der Waals surface area contributed by atoms with Crippen LogP contribution < -0.4 is 10.3 Å². The zero-order valence-electron chi connectivity index (χ0n) is 21.1. The van der Waals surface area contributed by atoms with E-state index in [4.69, 9.17) is 4.74 Å². The normalized spacial score (nSPS) is 16.7. The minimum atomic E-state index is -4.11. The van der Waals surface area contributed by atoms with E-state index in [2.05, 4.69) is 4.72 Å². The third-order valence-corrected chi connectivity index (χ3v) is 8.10. The van der Waals surface area contributed by atoms with Crippen molar-refractivity contribution in [1.82, 2.24) is 4.57 Å². The van der Waals surface area contributed by atoms with E-state index in [1.54, 1.807) is 19.1 Å². The second-order valence-electron chi connectivity index (χ2n) is 9.36. The summed E-state index contributed by atoms with van der Waals surface area (Å²) in [6.07, 6.45) is 2.55. The zero-order valence-corrected chi connectivity index (χ0v) is 21.9. The molecule has 1 aromatic heterocycles. The molecule has 1 aliphatic rings. The van der Waals surface area contributed by atoms with Crippen LogP contribution in [0.4, 0.5) is 5.69 Å². The van der Waals surface area contributed by atoms with Crippen LogP contribution in [0.25, 0.3) is 0 Å². The van der Waals surface area contributed by atoms with Gasteiger partial charge in [-0.05, 0) is 68.9 Å². The quantitative estimate of drug-likeness (QED) is 0.330. The fourth-order valence-corrected chi connectivity index (χ4v) is 6.14. The standard InChI is InChI=1S/C28H30N2O6S/c1-18-9-7-14-22(15-18)37(34,35)29-24-17-23(19(2)31)26-21(13-8-12-20-10-5-4-6-11-20)16-25(28(33)36-3)30(26)27(24)32/h4-7,9-11,14-15,17,21,25,29H,8,12-13,16H2,1-3H3/t21-,25+/m1/s1. The molecular formula is C28H30N2O6S. The molecule has 0 amide bonds. The molecule has 3 aromatic rings. The van der Waals surface area contributed by atoms with Crippen LogP contribution in [0.3, 0.4) is 0 Å². The van der Waals surface area contributed by atoms with Gasteiger partial charge in [-0.25, -0.2) is 13.2 Å². The lowest BCUT2D eigenvalue weighted by atomic mass is 9.91. The van der Waals surface area contributed by atoms with Crippen molar-refractivity contribution in [3.63, 3.8) is 0 Å². The monoisotopic (exact) mass is 522 g/mol. The zero-order chi connectivity index (χ0) is 26.7. The number of hydrogen-bond acceptors (Lipinski definition) is 6. The molecule has 194 valence electrons. The number of Topliss-reactive ketones (excluding diaryl/α,β-unsaturated/α-hetero) is 1. The van der Waals surface area contributed by atoms with Gasteiger partial charge in [0.15, 0.2) is 5.78 Å². The summed E-state index contributed by atoms with van der Waals surface area (Å²) in [5.74, 6) is -1.16. The maximum Gasteiger partial charge on any atom is 0.328 e. The first-order valence-electron chi connectivity index (χ1n) is 12.1. The number of ketones is 1. The Morgan fingerprint density at radius 3 is 2.46 bits per heavy atom. The summed E-state index contributed by atoms with van der Waals surface area (Å²) in [7, 11) is -2.87. The molecule has 0 bridgehead atoms. The first-order valence-corrected chi connectivity index (χ1v) is 13.6. The average Bonchev–Trinajstić information content (AvgIpc) is 3.25. The van der Waals surface area contributed by atoms with Gasteiger partial charge >= 0.3 is 5.97 Å². The molecule has 4 rings (SSSR count). The van der Waals surface area contributed by atoms with E-state index < -0.39 is 27.6 Å². The van der Waals surface area contributed by atoms with Crippen molar-refractivity contribution in [2.45, 2.75) is 56.4 Å². The number of methoxy groups -OCH3 is 1. The highest BCUT2D eigenvalue weighted by atomic mass is 32.2. The van der Waals surface area contributed by atoms with Crippen molar-refractivity contribution in [3.8, 4) is 0 Å². The van der Waals surface area contributed by atoms with E-state index in [0.717, 1.165) is 18.4 Å². The van der Waals surface area contributed by atoms with Gasteiger partial charge in [-0.2, -0.15) is 0 Å². The number of sulfonamides is 1. The third-order valence-electron chi connectivity index (χ3n) is 6.74. The molecule has 0 radical (unpaired) electrons. The first-order chi connectivity index (χ1) is 17.6. The lowest BCUT2D eigenvalue weighted by Crippen LogP contribution is -2.32. The Labute approximate surface area is 216 Å². The molecule has 9 heteroatoms. The van der Waals surface area contributed by atoms with Gasteiger partial charge in [0.2, 0.25) is 0 Å². The van der Waals surface area contributed by atoms with Gasteiger partial charge in [0.25, 0.3) is 15.6 Å². The van der Waals surface area contributed by atoms with E-state index in [0.29, 0.717) is 18.5 Å². The Morgan fingerprint density at radius 2 is 1.81 bits per heavy atom. The van der Waals surface area contributed by atoms with Gasteiger partial charge in [-0.3, -0.25) is 18.9 Å². The molecule has 2 aromatic carbocycles. The predicted octanol–water partition coefficient (Wildman–Crippen LogP) is 4.38. The summed E-state index contributed by atoms with van der Waals surface area (Å²) < 4.78 is 34.7. The van der Waals surface area contributed by atoms with Gasteiger partial charge in [0.1, 0.15) is 11.7 Å². The number of fused-ring (bicyclic) bond motifs is 1. The number of ether oxygens (including phenoxy) is 1. The second kappa shape index (κ2) is 10.7. The van der Waals surface area contributed by atoms with Gasteiger partial charge in [-0.1, -0.05) is 42.5 Å². The van der Waals surface area contributed by atoms with Crippen molar-refractivity contribution in [3.05, 3.63) is 93.4 Å². The average molecular weight is 523 g/mol. The van der Waals surface area contributed by atoms with Crippen LogP contribution in [-0.2, 0) is 26.0 Å². The number of pyridine rings is 1. The fraction of sp³-hybridized carbons (Fsp3) is 0.321. The Hall–Kier alpha value is -3.72. The molecule has 0 unspecified atom stereocenters. The maximum absolute atomic E-state index is 13.6. The fourth-order valence-electron chi connectivity index (χ4n) is 4.99. The van der Waals surface area contributed by atoms with Crippen molar-refractivity contribution in [2.75, 3.05) is 11.8 Å². The van der Waals surface area contributed by atoms with Crippen LogP contribution in [0.15, 0.2) is 70.4 Å². The van der Waals surface area contributed by atoms with Crippen LogP contribution >= 0.6 is 0 Å². The molecule has 0 aliphatic carbocycles.